The van der Waals surface area contributed by atoms with Crippen LogP contribution >= 0.6 is 7.82 Å². The van der Waals surface area contributed by atoms with Crippen LogP contribution in [0, 0.1) is 0 Å². The number of rotatable bonds is 21. The number of para-hydroxylation sites is 1. The number of benzene rings is 1. The van der Waals surface area contributed by atoms with E-state index < -0.39 is 7.82 Å². The topological polar surface area (TPSA) is 58.6 Å². The lowest BCUT2D eigenvalue weighted by molar-refractivity contribution is -0.225. The van der Waals surface area contributed by atoms with Crippen LogP contribution < -0.4 is 9.38 Å². The predicted molar refractivity (Wildman–Crippen MR) is 135 cm³/mol. The zero-order valence-electron chi connectivity index (χ0n) is 20.9. The van der Waals surface area contributed by atoms with Crippen LogP contribution in [0.25, 0.3) is 0 Å². The molecule has 0 heterocycles. The Morgan fingerprint density at radius 3 is 1.66 bits per heavy atom. The summed E-state index contributed by atoms with van der Waals surface area (Å²) in [5.41, 5.74) is 1.11. The first-order valence-electron chi connectivity index (χ1n) is 12.9. The van der Waals surface area contributed by atoms with Crippen molar-refractivity contribution in [3.63, 3.8) is 0 Å². The molecule has 186 valence electrons. The van der Waals surface area contributed by atoms with Gasteiger partial charge in [-0.05, 0) is 18.6 Å². The minimum Gasteiger partial charge on any atom is -0.756 e. The molecule has 0 saturated heterocycles. The van der Waals surface area contributed by atoms with Gasteiger partial charge in [0.2, 0.25) is 0 Å². The zero-order chi connectivity index (χ0) is 23.5. The maximum atomic E-state index is 12.0. The van der Waals surface area contributed by atoms with E-state index in [0.29, 0.717) is 11.0 Å². The van der Waals surface area contributed by atoms with Crippen LogP contribution in [-0.2, 0) is 13.6 Å². The quantitative estimate of drug-likeness (QED) is 0.108. The Hall–Kier alpha value is -0.710. The van der Waals surface area contributed by atoms with Gasteiger partial charge < -0.3 is 13.9 Å². The minimum absolute atomic E-state index is 0.113. The molecule has 0 aromatic heterocycles. The van der Waals surface area contributed by atoms with Crippen molar-refractivity contribution < 1.29 is 18.5 Å². The highest BCUT2D eigenvalue weighted by Gasteiger charge is 2.20. The van der Waals surface area contributed by atoms with Gasteiger partial charge in [-0.25, -0.2) is 0 Å². The van der Waals surface area contributed by atoms with Crippen LogP contribution in [0.3, 0.4) is 0 Å². The molecule has 0 amide bonds. The third-order valence-electron chi connectivity index (χ3n) is 6.10. The Morgan fingerprint density at radius 1 is 0.719 bits per heavy atom. The molecule has 32 heavy (non-hydrogen) atoms. The summed E-state index contributed by atoms with van der Waals surface area (Å²) in [7, 11) is -0.153. The number of likely N-dealkylation sites (N-methyl/N-ethyl adjacent to an activating group) is 1. The van der Waals surface area contributed by atoms with Crippen LogP contribution in [0.1, 0.15) is 96.8 Å². The third kappa shape index (κ3) is 15.2. The molecule has 0 saturated carbocycles. The molecule has 1 aromatic carbocycles. The Kier molecular flexibility index (Phi) is 16.2. The Bertz CT molecular complexity index is 609. The summed E-state index contributed by atoms with van der Waals surface area (Å²) in [4.78, 5) is 12.0. The van der Waals surface area contributed by atoms with Gasteiger partial charge in [0, 0.05) is 0 Å². The predicted octanol–water partition coefficient (Wildman–Crippen LogP) is 7.24. The average molecular weight is 470 g/mol. The van der Waals surface area contributed by atoms with Gasteiger partial charge in [-0.3, -0.25) is 9.05 Å². The van der Waals surface area contributed by atoms with E-state index >= 15 is 0 Å². The molecule has 1 unspecified atom stereocenters. The van der Waals surface area contributed by atoms with Crippen molar-refractivity contribution in [2.24, 2.45) is 0 Å². The largest absolute Gasteiger partial charge is 0.756 e. The van der Waals surface area contributed by atoms with Gasteiger partial charge in [-0.1, -0.05) is 109 Å². The lowest BCUT2D eigenvalue weighted by Crippen LogP contribution is -2.43. The summed E-state index contributed by atoms with van der Waals surface area (Å²) in [6.45, 7) is 3.15. The number of nitrogens with zero attached hydrogens (tertiary/aromatic N) is 1. The molecule has 0 fully saturated rings. The van der Waals surface area contributed by atoms with Gasteiger partial charge >= 0.3 is 0 Å². The van der Waals surface area contributed by atoms with Crippen molar-refractivity contribution >= 4 is 13.5 Å². The fourth-order valence-corrected chi connectivity index (χ4v) is 4.58. The van der Waals surface area contributed by atoms with E-state index in [0.717, 1.165) is 24.9 Å². The average Bonchev–Trinajstić information content (AvgIpc) is 2.76. The molecule has 1 aromatic rings. The molecule has 0 aliphatic carbocycles. The molecule has 0 aliphatic heterocycles. The molecular weight excluding hydrogens is 421 g/mol. The van der Waals surface area contributed by atoms with E-state index in [4.69, 9.17) is 9.05 Å². The standard InChI is InChI=1S/C26H48NO4P/c1-4-5-6-7-8-9-10-11-12-13-14-15-16-20-24-30-32(28,29)31-25-23-27(2,3)26-21-18-17-19-22-26/h17-19,21-22H,4-16,20,23-25H2,1-3H3. The SMILES string of the molecule is CCCCCCCCCCCCCCCCOP(=O)([O-])OCC[N+](C)(C)c1ccccc1. The van der Waals surface area contributed by atoms with Crippen molar-refractivity contribution in [1.29, 1.82) is 0 Å². The summed E-state index contributed by atoms with van der Waals surface area (Å²) in [6.07, 6.45) is 17.8. The Balaban J connectivity index is 1.95. The lowest BCUT2D eigenvalue weighted by atomic mass is 10.0. The van der Waals surface area contributed by atoms with Crippen molar-refractivity contribution in [2.45, 2.75) is 96.8 Å². The normalized spacial score (nSPS) is 13.9. The summed E-state index contributed by atoms with van der Waals surface area (Å²) in [5, 5.41) is 0. The molecular formula is C26H48NO4P. The van der Waals surface area contributed by atoms with Gasteiger partial charge in [0.1, 0.15) is 18.8 Å². The van der Waals surface area contributed by atoms with Crippen molar-refractivity contribution in [2.75, 3.05) is 33.9 Å². The zero-order valence-corrected chi connectivity index (χ0v) is 21.8. The van der Waals surface area contributed by atoms with Crippen molar-refractivity contribution in [3.05, 3.63) is 30.3 Å². The number of quaternary nitrogens is 1. The molecule has 0 bridgehead atoms. The summed E-state index contributed by atoms with van der Waals surface area (Å²) >= 11 is 0. The molecule has 6 heteroatoms. The smallest absolute Gasteiger partial charge is 0.268 e. The highest BCUT2D eigenvalue weighted by molar-refractivity contribution is 7.45. The monoisotopic (exact) mass is 469 g/mol. The van der Waals surface area contributed by atoms with E-state index in [-0.39, 0.29) is 13.2 Å². The summed E-state index contributed by atoms with van der Waals surface area (Å²) in [5.74, 6) is 0. The van der Waals surface area contributed by atoms with E-state index in [1.54, 1.807) is 0 Å². The van der Waals surface area contributed by atoms with Gasteiger partial charge in [0.15, 0.2) is 0 Å². The first-order valence-corrected chi connectivity index (χ1v) is 14.3. The van der Waals surface area contributed by atoms with Crippen molar-refractivity contribution in [3.8, 4) is 0 Å². The molecule has 0 spiro atoms. The fourth-order valence-electron chi connectivity index (χ4n) is 3.85. The minimum atomic E-state index is -4.22. The van der Waals surface area contributed by atoms with E-state index in [9.17, 15) is 9.46 Å². The third-order valence-corrected chi connectivity index (χ3v) is 7.10. The number of phosphoric ester groups is 1. The van der Waals surface area contributed by atoms with E-state index in [2.05, 4.69) is 6.92 Å². The second-order valence-electron chi connectivity index (χ2n) is 9.45. The maximum Gasteiger partial charge on any atom is 0.268 e. The van der Waals surface area contributed by atoms with Gasteiger partial charge in [-0.2, -0.15) is 0 Å². The van der Waals surface area contributed by atoms with Gasteiger partial charge in [0.25, 0.3) is 7.82 Å². The molecule has 1 atom stereocenters. The molecule has 0 radical (unpaired) electrons. The fraction of sp³-hybridized carbons (Fsp3) is 0.769. The Morgan fingerprint density at radius 2 is 1.16 bits per heavy atom. The first kappa shape index (κ1) is 29.3. The maximum absolute atomic E-state index is 12.0. The summed E-state index contributed by atoms with van der Waals surface area (Å²) < 4.78 is 22.6. The van der Waals surface area contributed by atoms with Crippen LogP contribution in [0.4, 0.5) is 5.69 Å². The van der Waals surface area contributed by atoms with Gasteiger partial charge in [-0.15, -0.1) is 0 Å². The molecule has 5 nitrogen and oxygen atoms in total. The summed E-state index contributed by atoms with van der Waals surface area (Å²) in [6, 6.07) is 9.99. The highest BCUT2D eigenvalue weighted by atomic mass is 31.2. The number of hydrogen-bond donors (Lipinski definition) is 0. The lowest BCUT2D eigenvalue weighted by Gasteiger charge is -2.30. The Labute approximate surface area is 197 Å². The molecule has 0 N–H and O–H groups in total. The first-order chi connectivity index (χ1) is 15.4. The number of hydrogen-bond acceptors (Lipinski definition) is 4. The van der Waals surface area contributed by atoms with Gasteiger partial charge in [0.05, 0.1) is 20.7 Å². The number of phosphoric acid groups is 1. The van der Waals surface area contributed by atoms with Crippen molar-refractivity contribution in [1.82, 2.24) is 4.48 Å². The van der Waals surface area contributed by atoms with Crippen LogP contribution in [0.5, 0.6) is 0 Å². The van der Waals surface area contributed by atoms with E-state index in [1.807, 2.05) is 44.4 Å². The molecule has 1 rings (SSSR count). The second-order valence-corrected chi connectivity index (χ2v) is 10.9. The number of unbranched alkanes of at least 4 members (excludes halogenated alkanes) is 13. The van der Waals surface area contributed by atoms with Crippen LogP contribution in [-0.4, -0.2) is 33.9 Å². The second kappa shape index (κ2) is 17.7. The molecule has 0 aliphatic rings. The highest BCUT2D eigenvalue weighted by Crippen LogP contribution is 2.38. The van der Waals surface area contributed by atoms with Crippen LogP contribution in [0.2, 0.25) is 0 Å². The van der Waals surface area contributed by atoms with Crippen LogP contribution in [0.15, 0.2) is 30.3 Å². The van der Waals surface area contributed by atoms with E-state index in [1.165, 1.54) is 70.6 Å².